The Morgan fingerprint density at radius 1 is 1.29 bits per heavy atom. The molecule has 2 N–H and O–H groups in total. The van der Waals surface area contributed by atoms with Crippen molar-refractivity contribution >= 4 is 31.8 Å². The monoisotopic (exact) mass is 207 g/mol. The number of hydrogen-bond acceptors (Lipinski definition) is 3. The van der Waals surface area contributed by atoms with Crippen LogP contribution in [0.15, 0.2) is 34.3 Å². The maximum Gasteiger partial charge on any atom is 0.220 e. The van der Waals surface area contributed by atoms with Crippen molar-refractivity contribution in [2.24, 2.45) is 0 Å². The molecule has 0 bridgehead atoms. The first kappa shape index (κ1) is 7.84. The molecule has 1 unspecified atom stereocenters. The van der Waals surface area contributed by atoms with E-state index in [1.807, 2.05) is 12.1 Å². The van der Waals surface area contributed by atoms with Crippen LogP contribution in [0.1, 0.15) is 0 Å². The molecule has 2 heterocycles. The number of furan rings is 1. The first-order chi connectivity index (χ1) is 6.75. The van der Waals surface area contributed by atoms with E-state index in [2.05, 4.69) is 0 Å². The second-order valence-corrected chi connectivity index (χ2v) is 4.47. The van der Waals surface area contributed by atoms with E-state index >= 15 is 0 Å². The number of rotatable bonds is 0. The van der Waals surface area contributed by atoms with Crippen LogP contribution in [0.4, 0.5) is 0 Å². The minimum absolute atomic E-state index is 0.140. The smallest absolute Gasteiger partial charge is 0.220 e. The molecule has 0 saturated heterocycles. The minimum Gasteiger partial charge on any atom is -0.504 e. The predicted octanol–water partition coefficient (Wildman–Crippen LogP) is 3.18. The summed E-state index contributed by atoms with van der Waals surface area (Å²) in [6.07, 6.45) is 1.30. The van der Waals surface area contributed by atoms with Crippen LogP contribution in [0, 0.1) is 0 Å². The van der Waals surface area contributed by atoms with Crippen LogP contribution in [0.25, 0.3) is 21.1 Å². The topological polar surface area (TPSA) is 53.6 Å². The lowest BCUT2D eigenvalue weighted by Gasteiger charge is -1.87. The average Bonchev–Trinajstić information content (AvgIpc) is 2.71. The Morgan fingerprint density at radius 3 is 3.00 bits per heavy atom. The van der Waals surface area contributed by atoms with E-state index in [1.54, 1.807) is 11.4 Å². The lowest BCUT2D eigenvalue weighted by atomic mass is 10.2. The molecular formula is C10H7O3S+. The summed E-state index contributed by atoms with van der Waals surface area (Å²) in [4.78, 5) is 0. The number of fused-ring (bicyclic) bond motifs is 2. The fourth-order valence-corrected chi connectivity index (χ4v) is 2.60. The third-order valence-corrected chi connectivity index (χ3v) is 3.49. The molecule has 1 aromatic carbocycles. The highest BCUT2D eigenvalue weighted by Gasteiger charge is 2.14. The first-order valence-corrected chi connectivity index (χ1v) is 5.35. The summed E-state index contributed by atoms with van der Waals surface area (Å²) in [6, 6.07) is 5.45. The molecule has 0 radical (unpaired) electrons. The lowest BCUT2D eigenvalue weighted by Crippen LogP contribution is -1.66. The first-order valence-electron chi connectivity index (χ1n) is 4.10. The van der Waals surface area contributed by atoms with E-state index in [0.29, 0.717) is 11.0 Å². The molecule has 4 heteroatoms. The van der Waals surface area contributed by atoms with Gasteiger partial charge in [0.25, 0.3) is 0 Å². The van der Waals surface area contributed by atoms with E-state index < -0.39 is 10.8 Å². The van der Waals surface area contributed by atoms with Crippen LogP contribution in [-0.2, 0) is 0 Å². The molecule has 0 aliphatic carbocycles. The molecule has 0 amide bonds. The minimum atomic E-state index is -0.817. The predicted molar refractivity (Wildman–Crippen MR) is 55.2 cm³/mol. The second-order valence-electron chi connectivity index (χ2n) is 3.12. The van der Waals surface area contributed by atoms with Crippen LogP contribution in [0.2, 0.25) is 0 Å². The van der Waals surface area contributed by atoms with Crippen molar-refractivity contribution in [1.29, 1.82) is 0 Å². The Bertz CT molecular complexity index is 564. The Balaban J connectivity index is 2.56. The zero-order valence-electron chi connectivity index (χ0n) is 7.10. The normalized spacial score (nSPS) is 12.8. The quantitative estimate of drug-likeness (QED) is 0.556. The van der Waals surface area contributed by atoms with Gasteiger partial charge in [0.2, 0.25) is 4.70 Å². The summed E-state index contributed by atoms with van der Waals surface area (Å²) in [5.41, 5.74) is 0.608. The van der Waals surface area contributed by atoms with Gasteiger partial charge in [0, 0.05) is 17.5 Å². The fraction of sp³-hybridized carbons (Fsp3) is 0. The molecule has 0 fully saturated rings. The molecule has 14 heavy (non-hydrogen) atoms. The van der Waals surface area contributed by atoms with Gasteiger partial charge in [-0.15, -0.1) is 0 Å². The van der Waals surface area contributed by atoms with Gasteiger partial charge in [0.15, 0.2) is 11.1 Å². The van der Waals surface area contributed by atoms with E-state index in [1.165, 1.54) is 6.26 Å². The van der Waals surface area contributed by atoms with Crippen molar-refractivity contribution in [3.05, 3.63) is 29.8 Å². The molecule has 0 saturated carbocycles. The molecule has 3 aromatic rings. The van der Waals surface area contributed by atoms with Crippen LogP contribution in [0.5, 0.6) is 5.75 Å². The van der Waals surface area contributed by atoms with Crippen LogP contribution in [-0.4, -0.2) is 9.66 Å². The van der Waals surface area contributed by atoms with Crippen molar-refractivity contribution in [2.45, 2.75) is 0 Å². The summed E-state index contributed by atoms with van der Waals surface area (Å²) >= 11 is 0. The van der Waals surface area contributed by atoms with Crippen molar-refractivity contribution in [1.82, 2.24) is 0 Å². The number of thiophene rings is 1. The van der Waals surface area contributed by atoms with Crippen molar-refractivity contribution < 1.29 is 14.1 Å². The Kier molecular flexibility index (Phi) is 1.40. The highest BCUT2D eigenvalue weighted by Crippen LogP contribution is 2.35. The van der Waals surface area contributed by atoms with E-state index in [0.717, 1.165) is 10.1 Å². The summed E-state index contributed by atoms with van der Waals surface area (Å²) in [6.45, 7) is 0. The maximum absolute atomic E-state index is 9.58. The molecule has 1 atom stereocenters. The van der Waals surface area contributed by atoms with Crippen molar-refractivity contribution in [3.8, 4) is 5.75 Å². The van der Waals surface area contributed by atoms with Gasteiger partial charge in [-0.1, -0.05) is 0 Å². The van der Waals surface area contributed by atoms with Crippen LogP contribution < -0.4 is 0 Å². The molecule has 0 spiro atoms. The van der Waals surface area contributed by atoms with Crippen molar-refractivity contribution in [3.63, 3.8) is 0 Å². The van der Waals surface area contributed by atoms with Gasteiger partial charge in [0.05, 0.1) is 5.39 Å². The number of aromatic hydroxyl groups is 1. The zero-order valence-corrected chi connectivity index (χ0v) is 7.91. The molecule has 3 rings (SSSR count). The third-order valence-electron chi connectivity index (χ3n) is 2.29. The highest BCUT2D eigenvalue weighted by atomic mass is 32.2. The second kappa shape index (κ2) is 2.50. The Labute approximate surface area is 82.0 Å². The molecule has 2 aromatic heterocycles. The van der Waals surface area contributed by atoms with Crippen LogP contribution >= 0.6 is 10.8 Å². The van der Waals surface area contributed by atoms with Gasteiger partial charge in [-0.05, 0) is 6.07 Å². The molecule has 3 nitrogen and oxygen atoms in total. The van der Waals surface area contributed by atoms with Gasteiger partial charge < -0.3 is 9.52 Å². The fourth-order valence-electron chi connectivity index (χ4n) is 1.58. The van der Waals surface area contributed by atoms with Gasteiger partial charge in [-0.3, -0.25) is 0 Å². The van der Waals surface area contributed by atoms with Gasteiger partial charge in [0.1, 0.15) is 22.6 Å². The summed E-state index contributed by atoms with van der Waals surface area (Å²) in [5.74, 6) is 0.140. The Hall–Kier alpha value is -1.52. The Morgan fingerprint density at radius 2 is 2.14 bits per heavy atom. The largest absolute Gasteiger partial charge is 0.504 e. The van der Waals surface area contributed by atoms with Gasteiger partial charge in [-0.2, -0.15) is 4.55 Å². The molecule has 70 valence electrons. The highest BCUT2D eigenvalue weighted by molar-refractivity contribution is 7.30. The number of benzene rings is 1. The SMILES string of the molecule is Oc1coc2cc3c(cc[s+]3O)cc12. The summed E-state index contributed by atoms with van der Waals surface area (Å²) < 4.78 is 15.6. The number of hydrogen-bond donors (Lipinski definition) is 2. The van der Waals surface area contributed by atoms with Crippen LogP contribution in [0.3, 0.4) is 0 Å². The van der Waals surface area contributed by atoms with Gasteiger partial charge in [-0.25, -0.2) is 0 Å². The third kappa shape index (κ3) is 0.893. The zero-order chi connectivity index (χ0) is 9.71. The molecule has 0 aliphatic heterocycles. The summed E-state index contributed by atoms with van der Waals surface area (Å²) in [5, 5.41) is 12.8. The molecule has 0 aliphatic rings. The average molecular weight is 207 g/mol. The molecular weight excluding hydrogens is 200 g/mol. The van der Waals surface area contributed by atoms with E-state index in [4.69, 9.17) is 4.42 Å². The van der Waals surface area contributed by atoms with Crippen molar-refractivity contribution in [2.75, 3.05) is 0 Å². The van der Waals surface area contributed by atoms with Gasteiger partial charge >= 0.3 is 0 Å². The summed E-state index contributed by atoms with van der Waals surface area (Å²) in [7, 11) is -0.817. The maximum atomic E-state index is 9.58. The standard InChI is InChI=1S/C10H6O3S/c11-8-5-13-9-4-10-6(3-7(8)9)1-2-14(10)12/h1-5,12H/p+1. The van der Waals surface area contributed by atoms with E-state index in [-0.39, 0.29) is 5.75 Å². The lowest BCUT2D eigenvalue weighted by molar-refractivity contribution is 0.464. The van der Waals surface area contributed by atoms with E-state index in [9.17, 15) is 9.66 Å².